The van der Waals surface area contributed by atoms with Crippen LogP contribution in [0.25, 0.3) is 0 Å². The molecule has 1 aliphatic heterocycles. The Morgan fingerprint density at radius 1 is 1.29 bits per heavy atom. The van der Waals surface area contributed by atoms with Crippen LogP contribution in [0.3, 0.4) is 0 Å². The van der Waals surface area contributed by atoms with Gasteiger partial charge in [0.1, 0.15) is 6.04 Å². The van der Waals surface area contributed by atoms with Gasteiger partial charge in [-0.25, -0.2) is 4.79 Å². The number of amides is 2. The lowest BCUT2D eigenvalue weighted by Crippen LogP contribution is -2.45. The van der Waals surface area contributed by atoms with Crippen LogP contribution < -0.4 is 0 Å². The minimum Gasteiger partial charge on any atom is -0.480 e. The minimum atomic E-state index is -1.09. The fraction of sp³-hybridized carbons (Fsp3) is 0.750. The number of fused-ring (bicyclic) bond motifs is 1. The molecule has 3 atom stereocenters. The second-order valence-electron chi connectivity index (χ2n) is 4.81. The number of aliphatic carboxylic acids is 1. The molecule has 1 N–H and O–H groups in total. The first-order chi connectivity index (χ1) is 8.07. The summed E-state index contributed by atoms with van der Waals surface area (Å²) in [6.07, 6.45) is 3.63. The van der Waals surface area contributed by atoms with E-state index in [9.17, 15) is 14.4 Å². The molecule has 2 fully saturated rings. The molecule has 17 heavy (non-hydrogen) atoms. The number of nitrogens with zero attached hydrogens (tertiary/aromatic N) is 1. The molecular formula is C12H17NO4. The van der Waals surface area contributed by atoms with Crippen LogP contribution in [0.2, 0.25) is 0 Å². The van der Waals surface area contributed by atoms with Crippen molar-refractivity contribution in [3.8, 4) is 0 Å². The van der Waals surface area contributed by atoms with E-state index in [-0.39, 0.29) is 30.1 Å². The quantitative estimate of drug-likeness (QED) is 0.746. The van der Waals surface area contributed by atoms with Crippen molar-refractivity contribution < 1.29 is 19.5 Å². The third-order valence-electron chi connectivity index (χ3n) is 3.86. The number of carbonyl (C=O) groups is 3. The number of hydrogen-bond acceptors (Lipinski definition) is 3. The molecule has 1 saturated heterocycles. The van der Waals surface area contributed by atoms with Crippen molar-refractivity contribution in [1.82, 2.24) is 4.90 Å². The molecule has 0 bridgehead atoms. The highest BCUT2D eigenvalue weighted by Gasteiger charge is 2.51. The Labute approximate surface area is 99.8 Å². The van der Waals surface area contributed by atoms with Gasteiger partial charge in [0.15, 0.2) is 0 Å². The Balaban J connectivity index is 2.26. The lowest BCUT2D eigenvalue weighted by molar-refractivity contribution is -0.155. The minimum absolute atomic E-state index is 0.260. The number of carboxylic acid groups (broad SMARTS) is 1. The first-order valence-corrected chi connectivity index (χ1v) is 6.17. The molecular weight excluding hydrogens is 222 g/mol. The van der Waals surface area contributed by atoms with E-state index < -0.39 is 12.0 Å². The van der Waals surface area contributed by atoms with Gasteiger partial charge >= 0.3 is 5.97 Å². The number of hydrogen-bond donors (Lipinski definition) is 1. The van der Waals surface area contributed by atoms with Crippen LogP contribution in [0.4, 0.5) is 0 Å². The molecule has 2 amide bonds. The van der Waals surface area contributed by atoms with Gasteiger partial charge in [-0.05, 0) is 19.3 Å². The Morgan fingerprint density at radius 3 is 2.12 bits per heavy atom. The zero-order valence-corrected chi connectivity index (χ0v) is 9.89. The monoisotopic (exact) mass is 239 g/mol. The summed E-state index contributed by atoms with van der Waals surface area (Å²) in [5.41, 5.74) is 0. The second-order valence-corrected chi connectivity index (χ2v) is 4.81. The van der Waals surface area contributed by atoms with Crippen molar-refractivity contribution in [2.24, 2.45) is 11.8 Å². The molecule has 0 aromatic carbocycles. The maximum atomic E-state index is 12.1. The molecule has 1 aliphatic carbocycles. The average molecular weight is 239 g/mol. The lowest BCUT2D eigenvalue weighted by atomic mass is 9.81. The Morgan fingerprint density at radius 2 is 1.76 bits per heavy atom. The fourth-order valence-corrected chi connectivity index (χ4v) is 2.96. The normalized spacial score (nSPS) is 30.3. The maximum Gasteiger partial charge on any atom is 0.326 e. The molecule has 0 aromatic rings. The van der Waals surface area contributed by atoms with Gasteiger partial charge in [0.05, 0.1) is 11.8 Å². The van der Waals surface area contributed by atoms with Crippen LogP contribution in [0.5, 0.6) is 0 Å². The summed E-state index contributed by atoms with van der Waals surface area (Å²) >= 11 is 0. The van der Waals surface area contributed by atoms with Gasteiger partial charge in [-0.1, -0.05) is 19.8 Å². The topological polar surface area (TPSA) is 74.7 Å². The van der Waals surface area contributed by atoms with Crippen molar-refractivity contribution in [1.29, 1.82) is 0 Å². The molecule has 1 heterocycles. The summed E-state index contributed by atoms with van der Waals surface area (Å²) in [4.78, 5) is 36.3. The number of imide groups is 1. The van der Waals surface area contributed by atoms with E-state index in [4.69, 9.17) is 5.11 Å². The zero-order valence-electron chi connectivity index (χ0n) is 9.89. The Kier molecular flexibility index (Phi) is 3.17. The number of carbonyl (C=O) groups excluding carboxylic acids is 2. The van der Waals surface area contributed by atoms with Gasteiger partial charge in [0.25, 0.3) is 0 Å². The molecule has 5 nitrogen and oxygen atoms in total. The van der Waals surface area contributed by atoms with Gasteiger partial charge in [-0.3, -0.25) is 14.5 Å². The average Bonchev–Trinajstić information content (AvgIpc) is 2.56. The molecule has 2 aliphatic rings. The van der Waals surface area contributed by atoms with Gasteiger partial charge in [-0.2, -0.15) is 0 Å². The van der Waals surface area contributed by atoms with Crippen LogP contribution in [-0.2, 0) is 14.4 Å². The number of carboxylic acids is 1. The summed E-state index contributed by atoms with van der Waals surface area (Å²) in [6, 6.07) is -0.986. The second kappa shape index (κ2) is 4.47. The van der Waals surface area contributed by atoms with E-state index in [2.05, 4.69) is 0 Å². The summed E-state index contributed by atoms with van der Waals surface area (Å²) in [6.45, 7) is 1.68. The fourth-order valence-electron chi connectivity index (χ4n) is 2.96. The summed E-state index contributed by atoms with van der Waals surface area (Å²) in [5, 5.41) is 9.06. The standard InChI is InChI=1S/C12H17NO4/c1-2-9(12(16)17)13-10(14)7-5-3-4-6-8(7)11(13)15/h7-9H,2-6H2,1H3,(H,16,17)/t7-,8+,9-/m0/s1. The third kappa shape index (κ3) is 1.83. The smallest absolute Gasteiger partial charge is 0.326 e. The van der Waals surface area contributed by atoms with E-state index in [1.54, 1.807) is 6.92 Å². The van der Waals surface area contributed by atoms with Crippen LogP contribution in [0.15, 0.2) is 0 Å². The van der Waals surface area contributed by atoms with E-state index in [1.807, 2.05) is 0 Å². The largest absolute Gasteiger partial charge is 0.480 e. The van der Waals surface area contributed by atoms with Crippen molar-refractivity contribution in [2.75, 3.05) is 0 Å². The van der Waals surface area contributed by atoms with E-state index >= 15 is 0 Å². The van der Waals surface area contributed by atoms with Gasteiger partial charge < -0.3 is 5.11 Å². The van der Waals surface area contributed by atoms with Crippen LogP contribution in [0, 0.1) is 11.8 Å². The highest BCUT2D eigenvalue weighted by atomic mass is 16.4. The molecule has 94 valence electrons. The SMILES string of the molecule is CC[C@@H](C(=O)O)N1C(=O)[C@H]2CCCC[C@H]2C1=O. The summed E-state index contributed by atoms with van der Waals surface area (Å²) < 4.78 is 0. The molecule has 0 unspecified atom stereocenters. The third-order valence-corrected chi connectivity index (χ3v) is 3.86. The van der Waals surface area contributed by atoms with Crippen LogP contribution in [0.1, 0.15) is 39.0 Å². The first-order valence-electron chi connectivity index (χ1n) is 6.17. The van der Waals surface area contributed by atoms with Gasteiger partial charge in [-0.15, -0.1) is 0 Å². The Hall–Kier alpha value is -1.39. The summed E-state index contributed by atoms with van der Waals surface area (Å²) in [5.74, 6) is -2.15. The van der Waals surface area contributed by atoms with E-state index in [0.717, 1.165) is 30.6 Å². The highest BCUT2D eigenvalue weighted by molar-refractivity contribution is 6.07. The molecule has 0 aromatic heterocycles. The predicted octanol–water partition coefficient (Wildman–Crippen LogP) is 1.02. The first kappa shape index (κ1) is 12.1. The lowest BCUT2D eigenvalue weighted by Gasteiger charge is -2.21. The molecule has 5 heteroatoms. The van der Waals surface area contributed by atoms with Crippen LogP contribution >= 0.6 is 0 Å². The highest BCUT2D eigenvalue weighted by Crippen LogP contribution is 2.39. The van der Waals surface area contributed by atoms with Crippen molar-refractivity contribution in [3.63, 3.8) is 0 Å². The number of likely N-dealkylation sites (tertiary alicyclic amines) is 1. The van der Waals surface area contributed by atoms with Gasteiger partial charge in [0.2, 0.25) is 11.8 Å². The van der Waals surface area contributed by atoms with Crippen LogP contribution in [-0.4, -0.2) is 33.8 Å². The maximum absolute atomic E-state index is 12.1. The van der Waals surface area contributed by atoms with E-state index in [0.29, 0.717) is 0 Å². The predicted molar refractivity (Wildman–Crippen MR) is 59.0 cm³/mol. The molecule has 0 spiro atoms. The number of rotatable bonds is 3. The van der Waals surface area contributed by atoms with E-state index in [1.165, 1.54) is 0 Å². The van der Waals surface area contributed by atoms with Crippen molar-refractivity contribution in [3.05, 3.63) is 0 Å². The molecule has 1 saturated carbocycles. The Bertz CT molecular complexity index is 342. The van der Waals surface area contributed by atoms with Crippen molar-refractivity contribution in [2.45, 2.75) is 45.1 Å². The zero-order chi connectivity index (χ0) is 12.6. The van der Waals surface area contributed by atoms with Crippen molar-refractivity contribution >= 4 is 17.8 Å². The molecule has 0 radical (unpaired) electrons. The van der Waals surface area contributed by atoms with Gasteiger partial charge in [0, 0.05) is 0 Å². The summed E-state index contributed by atoms with van der Waals surface area (Å²) in [7, 11) is 0. The molecule has 2 rings (SSSR count).